The van der Waals surface area contributed by atoms with Crippen LogP contribution in [0.15, 0.2) is 22.7 Å². The molecule has 0 spiro atoms. The van der Waals surface area contributed by atoms with Crippen molar-refractivity contribution in [3.63, 3.8) is 0 Å². The summed E-state index contributed by atoms with van der Waals surface area (Å²) in [5.41, 5.74) is 1.20. The van der Waals surface area contributed by atoms with Gasteiger partial charge in [-0.15, -0.1) is 12.4 Å². The lowest BCUT2D eigenvalue weighted by Crippen LogP contribution is -2.16. The molecule has 1 aromatic carbocycles. The average Bonchev–Trinajstić information content (AvgIpc) is 2.24. The zero-order valence-electron chi connectivity index (χ0n) is 10.6. The molecule has 0 atom stereocenters. The van der Waals surface area contributed by atoms with Crippen LogP contribution in [0.4, 0.5) is 0 Å². The summed E-state index contributed by atoms with van der Waals surface area (Å²) in [5.74, 6) is 1.69. The zero-order valence-corrected chi connectivity index (χ0v) is 13.0. The predicted molar refractivity (Wildman–Crippen MR) is 79.1 cm³/mol. The number of benzene rings is 1. The number of rotatable bonds is 6. The van der Waals surface area contributed by atoms with Crippen LogP contribution in [0, 0.1) is 5.92 Å². The van der Waals surface area contributed by atoms with E-state index in [1.54, 1.807) is 7.11 Å². The van der Waals surface area contributed by atoms with E-state index < -0.39 is 0 Å². The molecule has 2 nitrogen and oxygen atoms in total. The first kappa shape index (κ1) is 16.8. The summed E-state index contributed by atoms with van der Waals surface area (Å²) in [6.45, 7) is 6.38. The molecule has 0 heterocycles. The summed E-state index contributed by atoms with van der Waals surface area (Å²) in [4.78, 5) is 0. The number of hydrogen-bond donors (Lipinski definition) is 1. The van der Waals surface area contributed by atoms with Crippen molar-refractivity contribution in [2.75, 3.05) is 13.7 Å². The Kier molecular flexibility index (Phi) is 8.66. The summed E-state index contributed by atoms with van der Waals surface area (Å²) in [6, 6.07) is 6.08. The molecule has 0 fully saturated rings. The second-order valence-electron chi connectivity index (χ2n) is 4.32. The Morgan fingerprint density at radius 2 is 2.06 bits per heavy atom. The molecule has 0 aromatic heterocycles. The van der Waals surface area contributed by atoms with Gasteiger partial charge in [-0.3, -0.25) is 0 Å². The molecule has 0 aliphatic carbocycles. The number of halogens is 2. The van der Waals surface area contributed by atoms with E-state index in [1.807, 2.05) is 12.1 Å². The first-order valence-corrected chi connectivity index (χ1v) is 6.46. The van der Waals surface area contributed by atoms with Crippen LogP contribution in [-0.2, 0) is 6.54 Å². The fourth-order valence-electron chi connectivity index (χ4n) is 1.50. The fraction of sp³-hybridized carbons (Fsp3) is 0.538. The molecule has 0 aliphatic rings. The van der Waals surface area contributed by atoms with Crippen LogP contribution in [-0.4, -0.2) is 13.7 Å². The number of ether oxygens (including phenoxy) is 1. The molecule has 0 bridgehead atoms. The van der Waals surface area contributed by atoms with E-state index in [0.717, 1.165) is 29.2 Å². The predicted octanol–water partition coefficient (Wildman–Crippen LogP) is 4.02. The van der Waals surface area contributed by atoms with Crippen molar-refractivity contribution in [2.45, 2.75) is 26.8 Å². The van der Waals surface area contributed by atoms with Crippen molar-refractivity contribution in [2.24, 2.45) is 5.92 Å². The van der Waals surface area contributed by atoms with E-state index in [9.17, 15) is 0 Å². The molecule has 1 rings (SSSR count). The van der Waals surface area contributed by atoms with Crippen molar-refractivity contribution >= 4 is 28.3 Å². The quantitative estimate of drug-likeness (QED) is 0.799. The molecule has 0 aliphatic heterocycles. The van der Waals surface area contributed by atoms with E-state index in [2.05, 4.69) is 41.2 Å². The normalized spacial score (nSPS) is 10.2. The molecule has 0 amide bonds. The highest BCUT2D eigenvalue weighted by Crippen LogP contribution is 2.22. The van der Waals surface area contributed by atoms with Crippen LogP contribution in [0.5, 0.6) is 5.75 Å². The van der Waals surface area contributed by atoms with Gasteiger partial charge in [0.1, 0.15) is 5.75 Å². The Morgan fingerprint density at radius 1 is 1.35 bits per heavy atom. The molecule has 0 saturated heterocycles. The van der Waals surface area contributed by atoms with E-state index in [1.165, 1.54) is 12.0 Å². The van der Waals surface area contributed by atoms with Gasteiger partial charge in [-0.05, 0) is 37.1 Å². The summed E-state index contributed by atoms with van der Waals surface area (Å²) in [6.07, 6.45) is 1.20. The van der Waals surface area contributed by atoms with Gasteiger partial charge in [0.25, 0.3) is 0 Å². The molecule has 1 N–H and O–H groups in total. The first-order valence-electron chi connectivity index (χ1n) is 5.66. The second-order valence-corrected chi connectivity index (χ2v) is 5.23. The largest absolute Gasteiger partial charge is 0.496 e. The lowest BCUT2D eigenvalue weighted by atomic mass is 10.1. The SMILES string of the molecule is COc1ccc(Br)cc1CNCCC(C)C.Cl. The molecular formula is C13H21BrClNO. The van der Waals surface area contributed by atoms with Gasteiger partial charge in [-0.1, -0.05) is 29.8 Å². The Hall–Kier alpha value is -0.250. The summed E-state index contributed by atoms with van der Waals surface area (Å²) in [7, 11) is 1.71. The first-order chi connectivity index (χ1) is 7.63. The standard InChI is InChI=1S/C13H20BrNO.ClH/c1-10(2)6-7-15-9-11-8-12(14)4-5-13(11)16-3;/h4-5,8,10,15H,6-7,9H2,1-3H3;1H. The molecule has 0 saturated carbocycles. The fourth-order valence-corrected chi connectivity index (χ4v) is 1.91. The van der Waals surface area contributed by atoms with Gasteiger partial charge in [0.15, 0.2) is 0 Å². The maximum absolute atomic E-state index is 5.32. The van der Waals surface area contributed by atoms with Crippen molar-refractivity contribution in [3.05, 3.63) is 28.2 Å². The number of methoxy groups -OCH3 is 1. The topological polar surface area (TPSA) is 21.3 Å². The maximum atomic E-state index is 5.32. The Balaban J connectivity index is 0.00000256. The Labute approximate surface area is 119 Å². The molecule has 0 unspecified atom stereocenters. The maximum Gasteiger partial charge on any atom is 0.123 e. The third-order valence-corrected chi connectivity index (χ3v) is 2.95. The van der Waals surface area contributed by atoms with E-state index in [0.29, 0.717) is 0 Å². The van der Waals surface area contributed by atoms with Gasteiger partial charge in [-0.25, -0.2) is 0 Å². The van der Waals surface area contributed by atoms with Crippen molar-refractivity contribution in [3.8, 4) is 5.75 Å². The van der Waals surface area contributed by atoms with Crippen LogP contribution in [0.2, 0.25) is 0 Å². The summed E-state index contributed by atoms with van der Waals surface area (Å²) in [5, 5.41) is 3.43. The summed E-state index contributed by atoms with van der Waals surface area (Å²) >= 11 is 3.47. The van der Waals surface area contributed by atoms with Crippen LogP contribution < -0.4 is 10.1 Å². The molecule has 4 heteroatoms. The van der Waals surface area contributed by atoms with Crippen molar-refractivity contribution in [1.82, 2.24) is 5.32 Å². The van der Waals surface area contributed by atoms with Gasteiger partial charge >= 0.3 is 0 Å². The Morgan fingerprint density at radius 3 is 2.65 bits per heavy atom. The molecule has 98 valence electrons. The highest BCUT2D eigenvalue weighted by Gasteiger charge is 2.03. The van der Waals surface area contributed by atoms with Gasteiger partial charge < -0.3 is 10.1 Å². The number of nitrogens with one attached hydrogen (secondary N) is 1. The minimum atomic E-state index is 0. The highest BCUT2D eigenvalue weighted by molar-refractivity contribution is 9.10. The Bertz CT molecular complexity index is 331. The molecule has 0 radical (unpaired) electrons. The number of hydrogen-bond acceptors (Lipinski definition) is 2. The van der Waals surface area contributed by atoms with Crippen LogP contribution in [0.1, 0.15) is 25.8 Å². The van der Waals surface area contributed by atoms with Gasteiger partial charge in [-0.2, -0.15) is 0 Å². The lowest BCUT2D eigenvalue weighted by molar-refractivity contribution is 0.407. The minimum Gasteiger partial charge on any atom is -0.496 e. The van der Waals surface area contributed by atoms with Crippen LogP contribution >= 0.6 is 28.3 Å². The molecule has 1 aromatic rings. The third kappa shape index (κ3) is 6.29. The van der Waals surface area contributed by atoms with E-state index in [4.69, 9.17) is 4.74 Å². The smallest absolute Gasteiger partial charge is 0.123 e. The van der Waals surface area contributed by atoms with Gasteiger partial charge in [0.05, 0.1) is 7.11 Å². The van der Waals surface area contributed by atoms with Crippen LogP contribution in [0.25, 0.3) is 0 Å². The summed E-state index contributed by atoms with van der Waals surface area (Å²) < 4.78 is 6.41. The van der Waals surface area contributed by atoms with Gasteiger partial charge in [0.2, 0.25) is 0 Å². The lowest BCUT2D eigenvalue weighted by Gasteiger charge is -2.11. The monoisotopic (exact) mass is 321 g/mol. The highest BCUT2D eigenvalue weighted by atomic mass is 79.9. The third-order valence-electron chi connectivity index (χ3n) is 2.46. The zero-order chi connectivity index (χ0) is 12.0. The van der Waals surface area contributed by atoms with Gasteiger partial charge in [0, 0.05) is 16.6 Å². The average molecular weight is 323 g/mol. The molecular weight excluding hydrogens is 302 g/mol. The van der Waals surface area contributed by atoms with E-state index in [-0.39, 0.29) is 12.4 Å². The minimum absolute atomic E-state index is 0. The molecule has 17 heavy (non-hydrogen) atoms. The second kappa shape index (κ2) is 8.78. The van der Waals surface area contributed by atoms with Crippen LogP contribution in [0.3, 0.4) is 0 Å². The van der Waals surface area contributed by atoms with Crippen molar-refractivity contribution in [1.29, 1.82) is 0 Å². The van der Waals surface area contributed by atoms with E-state index >= 15 is 0 Å². The van der Waals surface area contributed by atoms with Crippen molar-refractivity contribution < 1.29 is 4.74 Å².